The van der Waals surface area contributed by atoms with Crippen molar-refractivity contribution in [2.75, 3.05) is 46.5 Å². The maximum absolute atomic E-state index is 12.5. The van der Waals surface area contributed by atoms with Crippen LogP contribution in [0.3, 0.4) is 0 Å². The first-order valence-electron chi connectivity index (χ1n) is 10.7. The number of guanidine groups is 1. The van der Waals surface area contributed by atoms with Crippen LogP contribution in [-0.2, 0) is 26.0 Å². The van der Waals surface area contributed by atoms with Gasteiger partial charge in [0.25, 0.3) is 0 Å². The molecule has 0 bridgehead atoms. The fourth-order valence-corrected chi connectivity index (χ4v) is 5.54. The van der Waals surface area contributed by atoms with E-state index in [2.05, 4.69) is 19.9 Å². The Labute approximate surface area is 179 Å². The van der Waals surface area contributed by atoms with E-state index in [9.17, 15) is 8.42 Å². The first-order valence-corrected chi connectivity index (χ1v) is 12.2. The zero-order valence-electron chi connectivity index (χ0n) is 17.6. The van der Waals surface area contributed by atoms with Crippen LogP contribution in [0.25, 0.3) is 0 Å². The van der Waals surface area contributed by atoms with Crippen LogP contribution in [0.5, 0.6) is 0 Å². The molecule has 3 fully saturated rings. The van der Waals surface area contributed by atoms with Crippen molar-refractivity contribution in [3.63, 3.8) is 0 Å². The molecule has 2 atom stereocenters. The van der Waals surface area contributed by atoms with Gasteiger partial charge in [-0.3, -0.25) is 4.99 Å². The van der Waals surface area contributed by atoms with Crippen molar-refractivity contribution in [2.24, 2.45) is 10.4 Å². The van der Waals surface area contributed by atoms with E-state index in [-0.39, 0.29) is 16.4 Å². The van der Waals surface area contributed by atoms with Gasteiger partial charge in [0.1, 0.15) is 0 Å². The summed E-state index contributed by atoms with van der Waals surface area (Å²) in [5.74, 6) is 0.883. The molecule has 3 aliphatic heterocycles. The lowest BCUT2D eigenvalue weighted by molar-refractivity contribution is 0.114. The Bertz CT molecular complexity index is 844. The van der Waals surface area contributed by atoms with Crippen LogP contribution in [0.4, 0.5) is 0 Å². The van der Waals surface area contributed by atoms with Gasteiger partial charge in [-0.05, 0) is 43.4 Å². The minimum atomic E-state index is -3.52. The molecule has 1 spiro atoms. The maximum atomic E-state index is 12.5. The monoisotopic (exact) mass is 436 g/mol. The molecule has 9 heteroatoms. The van der Waals surface area contributed by atoms with Crippen molar-refractivity contribution < 1.29 is 17.9 Å². The normalized spacial score (nSPS) is 27.3. The van der Waals surface area contributed by atoms with Gasteiger partial charge in [0.15, 0.2) is 5.96 Å². The van der Waals surface area contributed by atoms with Crippen LogP contribution in [0.2, 0.25) is 0 Å². The largest absolute Gasteiger partial charge is 0.381 e. The SMILES string of the molecule is CN=C(NCc1ccc(S(=O)(=O)NCC2CCCO2)cc1)N1CCC2(CCOC2)C1. The topological polar surface area (TPSA) is 92.3 Å². The van der Waals surface area contributed by atoms with Crippen molar-refractivity contribution >= 4 is 16.0 Å². The lowest BCUT2D eigenvalue weighted by Crippen LogP contribution is -2.41. The third kappa shape index (κ3) is 4.96. The van der Waals surface area contributed by atoms with E-state index in [1.807, 2.05) is 12.1 Å². The minimum Gasteiger partial charge on any atom is -0.381 e. The Balaban J connectivity index is 1.29. The average molecular weight is 437 g/mol. The van der Waals surface area contributed by atoms with Gasteiger partial charge in [0.2, 0.25) is 10.0 Å². The highest BCUT2D eigenvalue weighted by atomic mass is 32.2. The second-order valence-corrected chi connectivity index (χ2v) is 10.3. The standard InChI is InChI=1S/C21H32N4O4S/c1-22-20(25-10-8-21(15-25)9-12-28-16-21)23-13-17-4-6-19(7-5-17)30(26,27)24-14-18-3-2-11-29-18/h4-7,18,24H,2-3,8-16H2,1H3,(H,22,23). The smallest absolute Gasteiger partial charge is 0.240 e. The number of nitrogens with zero attached hydrogens (tertiary/aromatic N) is 2. The van der Waals surface area contributed by atoms with Crippen molar-refractivity contribution in [1.29, 1.82) is 0 Å². The number of hydrogen-bond acceptors (Lipinski definition) is 5. The predicted octanol–water partition coefficient (Wildman–Crippen LogP) is 1.33. The molecule has 0 radical (unpaired) electrons. The van der Waals surface area contributed by atoms with Gasteiger partial charge in [-0.15, -0.1) is 0 Å². The third-order valence-electron chi connectivity index (χ3n) is 6.34. The molecule has 0 aromatic heterocycles. The molecule has 0 amide bonds. The Morgan fingerprint density at radius 3 is 2.77 bits per heavy atom. The van der Waals surface area contributed by atoms with E-state index in [1.54, 1.807) is 19.2 Å². The molecular formula is C21H32N4O4S. The van der Waals surface area contributed by atoms with Crippen molar-refractivity contribution in [1.82, 2.24) is 14.9 Å². The average Bonchev–Trinajstić information content (AvgIpc) is 3.51. The molecule has 3 heterocycles. The summed E-state index contributed by atoms with van der Waals surface area (Å²) in [6.45, 7) is 5.29. The van der Waals surface area contributed by atoms with Gasteiger partial charge < -0.3 is 19.7 Å². The molecule has 8 nitrogen and oxygen atoms in total. The van der Waals surface area contributed by atoms with Gasteiger partial charge in [0.05, 0.1) is 17.6 Å². The summed E-state index contributed by atoms with van der Waals surface area (Å²) in [6, 6.07) is 6.99. The summed E-state index contributed by atoms with van der Waals surface area (Å²) in [7, 11) is -1.72. The Morgan fingerprint density at radius 2 is 2.10 bits per heavy atom. The molecule has 30 heavy (non-hydrogen) atoms. The second-order valence-electron chi connectivity index (χ2n) is 8.51. The summed E-state index contributed by atoms with van der Waals surface area (Å²) in [5, 5.41) is 3.41. The van der Waals surface area contributed by atoms with Crippen molar-refractivity contribution in [3.8, 4) is 0 Å². The zero-order chi connectivity index (χ0) is 21.0. The molecule has 1 aromatic rings. The van der Waals surface area contributed by atoms with Gasteiger partial charge in [-0.1, -0.05) is 12.1 Å². The van der Waals surface area contributed by atoms with E-state index in [4.69, 9.17) is 9.47 Å². The Morgan fingerprint density at radius 1 is 1.27 bits per heavy atom. The van der Waals surface area contributed by atoms with Crippen LogP contribution in [-0.4, -0.2) is 71.9 Å². The van der Waals surface area contributed by atoms with Gasteiger partial charge in [-0.2, -0.15) is 0 Å². The zero-order valence-corrected chi connectivity index (χ0v) is 18.4. The van der Waals surface area contributed by atoms with E-state index >= 15 is 0 Å². The van der Waals surface area contributed by atoms with Crippen LogP contribution in [0.1, 0.15) is 31.2 Å². The number of rotatable bonds is 6. The van der Waals surface area contributed by atoms with E-state index in [0.717, 1.165) is 63.5 Å². The highest BCUT2D eigenvalue weighted by molar-refractivity contribution is 7.89. The van der Waals surface area contributed by atoms with E-state index in [1.165, 1.54) is 0 Å². The van der Waals surface area contributed by atoms with E-state index in [0.29, 0.717) is 19.7 Å². The molecular weight excluding hydrogens is 404 g/mol. The quantitative estimate of drug-likeness (QED) is 0.516. The number of ether oxygens (including phenoxy) is 2. The number of hydrogen-bond donors (Lipinski definition) is 2. The second kappa shape index (κ2) is 9.21. The molecule has 4 rings (SSSR count). The fraction of sp³-hybridized carbons (Fsp3) is 0.667. The minimum absolute atomic E-state index is 0.0180. The summed E-state index contributed by atoms with van der Waals surface area (Å²) in [4.78, 5) is 7.00. The molecule has 1 aromatic carbocycles. The van der Waals surface area contributed by atoms with Crippen LogP contribution in [0.15, 0.2) is 34.2 Å². The number of aliphatic imine (C=N–C) groups is 1. The van der Waals surface area contributed by atoms with Gasteiger partial charge >= 0.3 is 0 Å². The Hall–Kier alpha value is -1.68. The van der Waals surface area contributed by atoms with Crippen LogP contribution < -0.4 is 10.0 Å². The summed E-state index contributed by atoms with van der Waals surface area (Å²) < 4.78 is 38.7. The Kier molecular flexibility index (Phi) is 6.62. The van der Waals surface area contributed by atoms with Gasteiger partial charge in [-0.25, -0.2) is 13.1 Å². The van der Waals surface area contributed by atoms with Crippen molar-refractivity contribution in [3.05, 3.63) is 29.8 Å². The van der Waals surface area contributed by atoms with Crippen molar-refractivity contribution in [2.45, 2.75) is 43.2 Å². The fourth-order valence-electron chi connectivity index (χ4n) is 4.48. The number of likely N-dealkylation sites (tertiary alicyclic amines) is 1. The summed E-state index contributed by atoms with van der Waals surface area (Å²) in [6.07, 6.45) is 4.13. The molecule has 0 aliphatic carbocycles. The highest BCUT2D eigenvalue weighted by Crippen LogP contribution is 2.38. The molecule has 2 N–H and O–H groups in total. The third-order valence-corrected chi connectivity index (χ3v) is 7.78. The number of sulfonamides is 1. The molecule has 166 valence electrons. The first-order chi connectivity index (χ1) is 14.5. The van der Waals surface area contributed by atoms with Gasteiger partial charge in [0, 0.05) is 51.9 Å². The predicted molar refractivity (Wildman–Crippen MR) is 115 cm³/mol. The molecule has 3 saturated heterocycles. The van der Waals surface area contributed by atoms with Crippen LogP contribution >= 0.6 is 0 Å². The number of nitrogens with one attached hydrogen (secondary N) is 2. The highest BCUT2D eigenvalue weighted by Gasteiger charge is 2.42. The molecule has 0 saturated carbocycles. The van der Waals surface area contributed by atoms with E-state index < -0.39 is 10.0 Å². The molecule has 2 unspecified atom stereocenters. The number of benzene rings is 1. The summed E-state index contributed by atoms with van der Waals surface area (Å²) in [5.41, 5.74) is 1.29. The lowest BCUT2D eigenvalue weighted by Gasteiger charge is -2.25. The first kappa shape index (κ1) is 21.5. The molecule has 3 aliphatic rings. The van der Waals surface area contributed by atoms with Crippen LogP contribution in [0, 0.1) is 5.41 Å². The maximum Gasteiger partial charge on any atom is 0.240 e. The summed E-state index contributed by atoms with van der Waals surface area (Å²) >= 11 is 0. The lowest BCUT2D eigenvalue weighted by atomic mass is 9.87.